The molecule has 0 saturated heterocycles. The van der Waals surface area contributed by atoms with Crippen molar-refractivity contribution < 1.29 is 19.5 Å². The van der Waals surface area contributed by atoms with Crippen LogP contribution in [-0.2, 0) is 4.74 Å². The second kappa shape index (κ2) is 11.4. The Bertz CT molecular complexity index is 434. The quantitative estimate of drug-likeness (QED) is 0.554. The normalized spacial score (nSPS) is 10.8. The van der Waals surface area contributed by atoms with E-state index in [1.165, 1.54) is 42.7 Å². The number of carboxylic acid groups (broad SMARTS) is 1. The lowest BCUT2D eigenvalue weighted by molar-refractivity contribution is 0.0589. The number of carboxylic acids is 1. The van der Waals surface area contributed by atoms with Crippen molar-refractivity contribution >= 4 is 17.6 Å². The van der Waals surface area contributed by atoms with Gasteiger partial charge in [0.2, 0.25) is 0 Å². The zero-order valence-electron chi connectivity index (χ0n) is 13.2. The van der Waals surface area contributed by atoms with Crippen LogP contribution in [0.2, 0.25) is 5.02 Å². The van der Waals surface area contributed by atoms with Crippen molar-refractivity contribution in [3.05, 3.63) is 23.0 Å². The van der Waals surface area contributed by atoms with Crippen molar-refractivity contribution in [3.63, 3.8) is 0 Å². The van der Waals surface area contributed by atoms with Gasteiger partial charge in [0.1, 0.15) is 6.61 Å². The van der Waals surface area contributed by atoms with E-state index in [1.807, 2.05) is 6.92 Å². The molecule has 0 spiro atoms. The van der Waals surface area contributed by atoms with Gasteiger partial charge in [-0.15, -0.1) is 0 Å². The van der Waals surface area contributed by atoms with Gasteiger partial charge in [-0.05, 0) is 32.3 Å². The van der Waals surface area contributed by atoms with Gasteiger partial charge >= 0.3 is 5.97 Å². The van der Waals surface area contributed by atoms with Crippen LogP contribution in [0.25, 0.3) is 0 Å². The van der Waals surface area contributed by atoms with E-state index in [4.69, 9.17) is 26.3 Å². The highest BCUT2D eigenvalue weighted by Crippen LogP contribution is 2.16. The summed E-state index contributed by atoms with van der Waals surface area (Å²) in [5.74, 6) is -1.08. The Labute approximate surface area is 137 Å². The number of hydrogen-bond acceptors (Lipinski definition) is 3. The van der Waals surface area contributed by atoms with Gasteiger partial charge in [-0.1, -0.05) is 37.3 Å². The summed E-state index contributed by atoms with van der Waals surface area (Å²) >= 11 is 5.79. The van der Waals surface area contributed by atoms with Crippen molar-refractivity contribution in [1.82, 2.24) is 4.73 Å². The second-order valence-electron chi connectivity index (χ2n) is 5.15. The lowest BCUT2D eigenvalue weighted by Gasteiger charge is -2.09. The predicted octanol–water partition coefficient (Wildman–Crippen LogP) is 4.04. The first-order chi connectivity index (χ1) is 10.7. The Morgan fingerprint density at radius 3 is 2.32 bits per heavy atom. The molecule has 0 atom stereocenters. The minimum Gasteiger partial charge on any atom is -0.476 e. The summed E-state index contributed by atoms with van der Waals surface area (Å²) < 4.78 is 6.53. The Morgan fingerprint density at radius 1 is 1.14 bits per heavy atom. The molecule has 0 saturated carbocycles. The number of aromatic nitrogens is 1. The van der Waals surface area contributed by atoms with Crippen LogP contribution >= 0.6 is 11.6 Å². The summed E-state index contributed by atoms with van der Waals surface area (Å²) in [6.07, 6.45) is 9.53. The topological polar surface area (TPSA) is 60.7 Å². The molecule has 126 valence electrons. The van der Waals surface area contributed by atoms with Crippen LogP contribution in [0.3, 0.4) is 0 Å². The fourth-order valence-corrected chi connectivity index (χ4v) is 2.41. The maximum Gasteiger partial charge on any atom is 0.357 e. The molecule has 0 unspecified atom stereocenters. The molecule has 0 aliphatic carbocycles. The molecule has 0 radical (unpaired) electrons. The summed E-state index contributed by atoms with van der Waals surface area (Å²) in [7, 11) is 0. The maximum atomic E-state index is 11.0. The van der Waals surface area contributed by atoms with Crippen LogP contribution in [0, 0.1) is 0 Å². The fourth-order valence-electron chi connectivity index (χ4n) is 2.19. The average Bonchev–Trinajstić information content (AvgIpc) is 2.86. The van der Waals surface area contributed by atoms with E-state index in [-0.39, 0.29) is 10.7 Å². The summed E-state index contributed by atoms with van der Waals surface area (Å²) in [6, 6.07) is 1.52. The Balaban J connectivity index is 2.01. The van der Waals surface area contributed by atoms with Gasteiger partial charge < -0.3 is 14.7 Å². The molecular weight excluding hydrogens is 306 g/mol. The highest BCUT2D eigenvalue weighted by molar-refractivity contribution is 6.33. The molecular formula is C16H26ClNO4. The van der Waals surface area contributed by atoms with Crippen LogP contribution < -0.4 is 4.84 Å². The molecule has 0 aliphatic rings. The molecule has 1 aromatic rings. The van der Waals surface area contributed by atoms with Crippen molar-refractivity contribution in [1.29, 1.82) is 0 Å². The predicted molar refractivity (Wildman–Crippen MR) is 86.7 cm³/mol. The van der Waals surface area contributed by atoms with E-state index in [0.717, 1.165) is 32.5 Å². The number of halogens is 1. The second-order valence-corrected chi connectivity index (χ2v) is 5.56. The van der Waals surface area contributed by atoms with Crippen LogP contribution in [0.15, 0.2) is 12.3 Å². The van der Waals surface area contributed by atoms with Crippen LogP contribution in [0.1, 0.15) is 62.4 Å². The molecule has 1 N–H and O–H groups in total. The van der Waals surface area contributed by atoms with Gasteiger partial charge in [0.05, 0.1) is 5.02 Å². The monoisotopic (exact) mass is 331 g/mol. The molecule has 0 fully saturated rings. The van der Waals surface area contributed by atoms with E-state index in [9.17, 15) is 4.79 Å². The van der Waals surface area contributed by atoms with E-state index in [0.29, 0.717) is 6.61 Å². The van der Waals surface area contributed by atoms with Crippen molar-refractivity contribution in [2.45, 2.75) is 51.9 Å². The van der Waals surface area contributed by atoms with Crippen LogP contribution in [0.5, 0.6) is 0 Å². The van der Waals surface area contributed by atoms with Crippen LogP contribution in [-0.4, -0.2) is 35.6 Å². The van der Waals surface area contributed by atoms with Crippen LogP contribution in [0.4, 0.5) is 0 Å². The molecule has 0 amide bonds. The first kappa shape index (κ1) is 18.8. The number of ether oxygens (including phenoxy) is 1. The molecule has 1 rings (SSSR count). The Hall–Kier alpha value is -1.20. The summed E-state index contributed by atoms with van der Waals surface area (Å²) in [4.78, 5) is 16.4. The van der Waals surface area contributed by atoms with E-state index >= 15 is 0 Å². The lowest BCUT2D eigenvalue weighted by Crippen LogP contribution is -2.17. The average molecular weight is 332 g/mol. The van der Waals surface area contributed by atoms with Gasteiger partial charge in [0.25, 0.3) is 0 Å². The molecule has 5 nitrogen and oxygen atoms in total. The summed E-state index contributed by atoms with van der Waals surface area (Å²) in [6.45, 7) is 4.19. The van der Waals surface area contributed by atoms with Crippen molar-refractivity contribution in [2.75, 3.05) is 19.8 Å². The molecule has 1 aromatic heterocycles. The Morgan fingerprint density at radius 2 is 1.73 bits per heavy atom. The lowest BCUT2D eigenvalue weighted by atomic mass is 10.1. The molecule has 1 heterocycles. The van der Waals surface area contributed by atoms with Crippen molar-refractivity contribution in [3.8, 4) is 0 Å². The summed E-state index contributed by atoms with van der Waals surface area (Å²) in [5, 5.41) is 9.21. The number of hydrogen-bond donors (Lipinski definition) is 1. The number of aromatic carboxylic acids is 1. The fraction of sp³-hybridized carbons (Fsp3) is 0.688. The third-order valence-corrected chi connectivity index (χ3v) is 3.68. The molecule has 0 aliphatic heterocycles. The molecule has 6 heteroatoms. The maximum absolute atomic E-state index is 11.0. The third-order valence-electron chi connectivity index (χ3n) is 3.37. The van der Waals surface area contributed by atoms with E-state index in [2.05, 4.69) is 0 Å². The smallest absolute Gasteiger partial charge is 0.357 e. The number of rotatable bonds is 13. The number of carbonyl (C=O) groups is 1. The minimum atomic E-state index is -1.08. The van der Waals surface area contributed by atoms with Gasteiger partial charge in [0, 0.05) is 19.4 Å². The highest BCUT2D eigenvalue weighted by atomic mass is 35.5. The Kier molecular flexibility index (Phi) is 9.75. The highest BCUT2D eigenvalue weighted by Gasteiger charge is 2.15. The van der Waals surface area contributed by atoms with E-state index in [1.54, 1.807) is 0 Å². The standard InChI is InChI=1S/C16H26ClNO4/c1-2-21-12-8-6-4-3-5-7-9-13-22-18-11-10-14(17)15(18)16(19)20/h10-11H,2-9,12-13H2,1H3,(H,19,20). The largest absolute Gasteiger partial charge is 0.476 e. The minimum absolute atomic E-state index is 0.0176. The van der Waals surface area contributed by atoms with E-state index < -0.39 is 5.97 Å². The zero-order valence-corrected chi connectivity index (χ0v) is 14.0. The number of nitrogens with zero attached hydrogens (tertiary/aromatic N) is 1. The number of unbranched alkanes of at least 4 members (excludes halogenated alkanes) is 6. The van der Waals surface area contributed by atoms with Gasteiger partial charge in [-0.2, -0.15) is 4.73 Å². The third kappa shape index (κ3) is 7.18. The molecule has 0 aromatic carbocycles. The summed E-state index contributed by atoms with van der Waals surface area (Å²) in [5.41, 5.74) is -0.0176. The first-order valence-corrected chi connectivity index (χ1v) is 8.35. The van der Waals surface area contributed by atoms with Gasteiger partial charge in [0.15, 0.2) is 5.69 Å². The van der Waals surface area contributed by atoms with Gasteiger partial charge in [-0.25, -0.2) is 4.79 Å². The first-order valence-electron chi connectivity index (χ1n) is 7.98. The SMILES string of the molecule is CCOCCCCCCCCCOn1ccc(Cl)c1C(=O)O. The molecule has 0 bridgehead atoms. The zero-order chi connectivity index (χ0) is 16.2. The molecule has 22 heavy (non-hydrogen) atoms. The van der Waals surface area contributed by atoms with Gasteiger partial charge in [-0.3, -0.25) is 0 Å². The van der Waals surface area contributed by atoms with Crippen molar-refractivity contribution in [2.24, 2.45) is 0 Å².